The highest BCUT2D eigenvalue weighted by molar-refractivity contribution is 7.10. The van der Waals surface area contributed by atoms with Crippen LogP contribution in [0.2, 0.25) is 0 Å². The lowest BCUT2D eigenvalue weighted by molar-refractivity contribution is -0.133. The van der Waals surface area contributed by atoms with Crippen LogP contribution in [0.1, 0.15) is 22.0 Å². The van der Waals surface area contributed by atoms with Crippen LogP contribution in [0.15, 0.2) is 41.8 Å². The number of hydrogen-bond donors (Lipinski definition) is 1. The van der Waals surface area contributed by atoms with Crippen molar-refractivity contribution in [3.63, 3.8) is 0 Å². The summed E-state index contributed by atoms with van der Waals surface area (Å²) in [5.41, 5.74) is 8.22. The second-order valence-corrected chi connectivity index (χ2v) is 5.77. The smallest absolute Gasteiger partial charge is 0.244 e. The molecule has 0 fully saturated rings. The van der Waals surface area contributed by atoms with E-state index in [1.807, 2.05) is 35.2 Å². The van der Waals surface area contributed by atoms with Crippen LogP contribution in [0.25, 0.3) is 0 Å². The zero-order chi connectivity index (χ0) is 13.2. The minimum atomic E-state index is -0.554. The molecule has 2 aromatic rings. The first-order valence-corrected chi connectivity index (χ1v) is 7.28. The molecule has 4 heteroatoms. The molecule has 1 atom stereocenters. The molecule has 0 radical (unpaired) electrons. The highest BCUT2D eigenvalue weighted by Gasteiger charge is 2.26. The van der Waals surface area contributed by atoms with Crippen molar-refractivity contribution in [2.75, 3.05) is 6.54 Å². The van der Waals surface area contributed by atoms with Crippen LogP contribution < -0.4 is 5.73 Å². The van der Waals surface area contributed by atoms with E-state index in [0.717, 1.165) is 18.5 Å². The molecule has 1 aliphatic rings. The van der Waals surface area contributed by atoms with Gasteiger partial charge in [-0.3, -0.25) is 4.79 Å². The first-order chi connectivity index (χ1) is 9.25. The largest absolute Gasteiger partial charge is 0.336 e. The Kier molecular flexibility index (Phi) is 3.36. The van der Waals surface area contributed by atoms with Gasteiger partial charge in [0, 0.05) is 18.0 Å². The van der Waals surface area contributed by atoms with Gasteiger partial charge in [0.05, 0.1) is 0 Å². The minimum Gasteiger partial charge on any atom is -0.336 e. The monoisotopic (exact) mass is 272 g/mol. The molecule has 0 aliphatic carbocycles. The van der Waals surface area contributed by atoms with E-state index in [-0.39, 0.29) is 5.91 Å². The van der Waals surface area contributed by atoms with Gasteiger partial charge in [0.1, 0.15) is 6.04 Å². The summed E-state index contributed by atoms with van der Waals surface area (Å²) in [5, 5.41) is 2.09. The Morgan fingerprint density at radius 3 is 2.84 bits per heavy atom. The van der Waals surface area contributed by atoms with Gasteiger partial charge in [-0.15, -0.1) is 11.3 Å². The van der Waals surface area contributed by atoms with Gasteiger partial charge in [0.2, 0.25) is 5.91 Å². The molecule has 0 bridgehead atoms. The van der Waals surface area contributed by atoms with Crippen LogP contribution >= 0.6 is 11.3 Å². The maximum absolute atomic E-state index is 12.4. The quantitative estimate of drug-likeness (QED) is 0.912. The summed E-state index contributed by atoms with van der Waals surface area (Å²) in [5.74, 6) is 0.0167. The number of thiophene rings is 1. The Morgan fingerprint density at radius 1 is 1.26 bits per heavy atom. The van der Waals surface area contributed by atoms with Crippen LogP contribution in [-0.4, -0.2) is 17.4 Å². The number of rotatable bonds is 2. The van der Waals surface area contributed by atoms with Crippen molar-refractivity contribution in [3.05, 3.63) is 57.8 Å². The predicted octanol–water partition coefficient (Wildman–Crippen LogP) is 2.33. The van der Waals surface area contributed by atoms with Crippen molar-refractivity contribution in [1.82, 2.24) is 4.90 Å². The highest BCUT2D eigenvalue weighted by atomic mass is 32.1. The molecule has 3 nitrogen and oxygen atoms in total. The number of carbonyl (C=O) groups is 1. The summed E-state index contributed by atoms with van der Waals surface area (Å²) in [7, 11) is 0. The molecule has 1 aromatic carbocycles. The maximum Gasteiger partial charge on any atom is 0.244 e. The van der Waals surface area contributed by atoms with Crippen molar-refractivity contribution in [3.8, 4) is 0 Å². The molecule has 0 unspecified atom stereocenters. The lowest BCUT2D eigenvalue weighted by Gasteiger charge is -2.29. The number of fused-ring (bicyclic) bond motifs is 1. The Bertz CT molecular complexity index is 579. The van der Waals surface area contributed by atoms with E-state index in [0.29, 0.717) is 6.54 Å². The highest BCUT2D eigenvalue weighted by Crippen LogP contribution is 2.25. The third kappa shape index (κ3) is 2.41. The zero-order valence-electron chi connectivity index (χ0n) is 10.6. The van der Waals surface area contributed by atoms with E-state index < -0.39 is 6.04 Å². The fourth-order valence-corrected chi connectivity index (χ4v) is 3.33. The zero-order valence-corrected chi connectivity index (χ0v) is 11.4. The second kappa shape index (κ2) is 5.15. The van der Waals surface area contributed by atoms with Crippen LogP contribution in [0.4, 0.5) is 0 Å². The summed E-state index contributed by atoms with van der Waals surface area (Å²) in [4.78, 5) is 15.7. The van der Waals surface area contributed by atoms with Gasteiger partial charge in [-0.05, 0) is 29.0 Å². The molecule has 2 heterocycles. The molecular formula is C15H16N2OS. The number of carbonyl (C=O) groups excluding carboxylic acids is 1. The number of amides is 1. The SMILES string of the molecule is N[C@H](C(=O)N1CCc2sccc2C1)c1ccccc1. The van der Waals surface area contributed by atoms with Gasteiger partial charge in [-0.25, -0.2) is 0 Å². The van der Waals surface area contributed by atoms with E-state index >= 15 is 0 Å². The van der Waals surface area contributed by atoms with Crippen LogP contribution in [0.3, 0.4) is 0 Å². The molecule has 98 valence electrons. The van der Waals surface area contributed by atoms with E-state index in [1.165, 1.54) is 10.4 Å². The molecule has 1 aromatic heterocycles. The van der Waals surface area contributed by atoms with Gasteiger partial charge in [-0.2, -0.15) is 0 Å². The minimum absolute atomic E-state index is 0.0167. The van der Waals surface area contributed by atoms with Crippen molar-refractivity contribution in [2.45, 2.75) is 19.0 Å². The van der Waals surface area contributed by atoms with Crippen molar-refractivity contribution in [1.29, 1.82) is 0 Å². The summed E-state index contributed by atoms with van der Waals surface area (Å²) in [6.45, 7) is 1.46. The second-order valence-electron chi connectivity index (χ2n) is 4.77. The summed E-state index contributed by atoms with van der Waals surface area (Å²) in [6, 6.07) is 11.1. The van der Waals surface area contributed by atoms with Crippen molar-refractivity contribution < 1.29 is 4.79 Å². The Morgan fingerprint density at radius 2 is 2.05 bits per heavy atom. The average Bonchev–Trinajstić information content (AvgIpc) is 2.94. The molecule has 0 saturated heterocycles. The van der Waals surface area contributed by atoms with Gasteiger partial charge in [0.15, 0.2) is 0 Å². The average molecular weight is 272 g/mol. The molecule has 3 rings (SSSR count). The summed E-state index contributed by atoms with van der Waals surface area (Å²) in [6.07, 6.45) is 0.945. The standard InChI is InChI=1S/C15H16N2OS/c16-14(11-4-2-1-3-5-11)15(18)17-8-6-13-12(10-17)7-9-19-13/h1-5,7,9,14H,6,8,10,16H2/t14-/m0/s1. The van der Waals surface area contributed by atoms with Crippen LogP contribution in [0, 0.1) is 0 Å². The van der Waals surface area contributed by atoms with E-state index in [2.05, 4.69) is 11.4 Å². The molecule has 2 N–H and O–H groups in total. The first-order valence-electron chi connectivity index (χ1n) is 6.40. The van der Waals surface area contributed by atoms with E-state index in [4.69, 9.17) is 5.73 Å². The fraction of sp³-hybridized carbons (Fsp3) is 0.267. The van der Waals surface area contributed by atoms with Gasteiger partial charge in [-0.1, -0.05) is 30.3 Å². The van der Waals surface area contributed by atoms with Gasteiger partial charge in [0.25, 0.3) is 0 Å². The van der Waals surface area contributed by atoms with E-state index in [1.54, 1.807) is 11.3 Å². The Labute approximate surface area is 116 Å². The number of nitrogens with zero attached hydrogens (tertiary/aromatic N) is 1. The lowest BCUT2D eigenvalue weighted by Crippen LogP contribution is -2.41. The normalized spacial score (nSPS) is 15.9. The van der Waals surface area contributed by atoms with Crippen molar-refractivity contribution >= 4 is 17.2 Å². The van der Waals surface area contributed by atoms with Crippen LogP contribution in [-0.2, 0) is 17.8 Å². The summed E-state index contributed by atoms with van der Waals surface area (Å²) >= 11 is 1.77. The topological polar surface area (TPSA) is 46.3 Å². The van der Waals surface area contributed by atoms with E-state index in [9.17, 15) is 4.79 Å². The summed E-state index contributed by atoms with van der Waals surface area (Å²) < 4.78 is 0. The number of benzene rings is 1. The maximum atomic E-state index is 12.4. The lowest BCUT2D eigenvalue weighted by atomic mass is 10.0. The van der Waals surface area contributed by atoms with Crippen LogP contribution in [0.5, 0.6) is 0 Å². The third-order valence-electron chi connectivity index (χ3n) is 3.54. The fourth-order valence-electron chi connectivity index (χ4n) is 2.44. The number of nitrogens with two attached hydrogens (primary N) is 1. The Balaban J connectivity index is 1.75. The first kappa shape index (κ1) is 12.4. The van der Waals surface area contributed by atoms with Gasteiger partial charge >= 0.3 is 0 Å². The third-order valence-corrected chi connectivity index (χ3v) is 4.57. The molecule has 1 aliphatic heterocycles. The molecule has 1 amide bonds. The molecule has 19 heavy (non-hydrogen) atoms. The Hall–Kier alpha value is -1.65. The predicted molar refractivity (Wildman–Crippen MR) is 76.8 cm³/mol. The van der Waals surface area contributed by atoms with Gasteiger partial charge < -0.3 is 10.6 Å². The molecule has 0 spiro atoms. The van der Waals surface area contributed by atoms with Crippen molar-refractivity contribution in [2.24, 2.45) is 5.73 Å². The molecular weight excluding hydrogens is 256 g/mol. The number of hydrogen-bond acceptors (Lipinski definition) is 3. The molecule has 0 saturated carbocycles.